The van der Waals surface area contributed by atoms with Gasteiger partial charge in [0, 0.05) is 23.7 Å². The molecule has 2 atom stereocenters. The molecule has 1 aromatic heterocycles. The summed E-state index contributed by atoms with van der Waals surface area (Å²) in [7, 11) is 3.23. The van der Waals surface area contributed by atoms with Crippen LogP contribution in [0.15, 0.2) is 41.2 Å². The van der Waals surface area contributed by atoms with Crippen LogP contribution < -0.4 is 16.2 Å². The van der Waals surface area contributed by atoms with Crippen LogP contribution >= 0.6 is 11.6 Å². The zero-order valence-electron chi connectivity index (χ0n) is 28.4. The molecule has 266 valence electrons. The lowest BCUT2D eigenvalue weighted by atomic mass is 9.90. The molecule has 0 saturated carbocycles. The molecule has 0 saturated heterocycles. The van der Waals surface area contributed by atoms with Gasteiger partial charge in [-0.25, -0.2) is 4.39 Å². The monoisotopic (exact) mass is 708 g/mol. The van der Waals surface area contributed by atoms with Crippen LogP contribution in [0, 0.1) is 32.5 Å². The Morgan fingerprint density at radius 2 is 1.59 bits per heavy atom. The van der Waals surface area contributed by atoms with E-state index in [4.69, 9.17) is 11.6 Å². The number of aromatic nitrogens is 1. The van der Waals surface area contributed by atoms with E-state index in [9.17, 15) is 37.5 Å². The van der Waals surface area contributed by atoms with E-state index in [1.807, 2.05) is 13.8 Å². The van der Waals surface area contributed by atoms with Gasteiger partial charge in [-0.2, -0.15) is 13.2 Å². The highest BCUT2D eigenvalue weighted by atomic mass is 35.5. The number of alkyl halides is 3. The number of amides is 2. The summed E-state index contributed by atoms with van der Waals surface area (Å²) < 4.78 is 57.4. The second kappa shape index (κ2) is 16.0. The Morgan fingerprint density at radius 1 is 0.980 bits per heavy atom. The highest BCUT2D eigenvalue weighted by Gasteiger charge is 2.36. The number of hydrogen-bond acceptors (Lipinski definition) is 5. The van der Waals surface area contributed by atoms with E-state index in [0.29, 0.717) is 21.2 Å². The van der Waals surface area contributed by atoms with E-state index in [2.05, 4.69) is 10.6 Å². The molecule has 2 aromatic carbocycles. The van der Waals surface area contributed by atoms with E-state index in [-0.39, 0.29) is 36.6 Å². The number of nitrogens with zero attached hydrogens (tertiary/aromatic N) is 2. The molecule has 0 bridgehead atoms. The smallest absolute Gasteiger partial charge is 0.431 e. The van der Waals surface area contributed by atoms with E-state index in [0.717, 1.165) is 22.8 Å². The summed E-state index contributed by atoms with van der Waals surface area (Å²) >= 11 is 6.20. The van der Waals surface area contributed by atoms with Crippen molar-refractivity contribution in [3.8, 4) is 11.1 Å². The van der Waals surface area contributed by atoms with Crippen LogP contribution in [0.2, 0.25) is 5.02 Å². The normalized spacial score (nSPS) is 13.0. The number of aliphatic carboxylic acids is 1. The largest absolute Gasteiger partial charge is 0.481 e. The number of carboxylic acids is 1. The summed E-state index contributed by atoms with van der Waals surface area (Å²) in [6.07, 6.45) is -5.56. The van der Waals surface area contributed by atoms with Gasteiger partial charge in [0.15, 0.2) is 0 Å². The minimum absolute atomic E-state index is 0.0114. The quantitative estimate of drug-likeness (QED) is 0.180. The van der Waals surface area contributed by atoms with Gasteiger partial charge in [-0.3, -0.25) is 19.2 Å². The summed E-state index contributed by atoms with van der Waals surface area (Å²) in [6, 6.07) is 5.22. The van der Waals surface area contributed by atoms with Crippen molar-refractivity contribution in [2.24, 2.45) is 5.92 Å². The summed E-state index contributed by atoms with van der Waals surface area (Å²) in [6.45, 7) is 8.39. The van der Waals surface area contributed by atoms with Crippen molar-refractivity contribution >= 4 is 29.4 Å². The van der Waals surface area contributed by atoms with Gasteiger partial charge in [-0.15, -0.1) is 0 Å². The van der Waals surface area contributed by atoms with Gasteiger partial charge >= 0.3 is 12.1 Å². The fraction of sp³-hybridized carbons (Fsp3) is 0.429. The zero-order chi connectivity index (χ0) is 37.0. The molecule has 1 heterocycles. The molecule has 3 N–H and O–H groups in total. The summed E-state index contributed by atoms with van der Waals surface area (Å²) in [5.74, 6) is -4.23. The van der Waals surface area contributed by atoms with Gasteiger partial charge in [-0.05, 0) is 111 Å². The second-order valence-electron chi connectivity index (χ2n) is 12.8. The maximum atomic E-state index is 15.7. The summed E-state index contributed by atoms with van der Waals surface area (Å²) in [5, 5.41) is 15.3. The maximum absolute atomic E-state index is 15.7. The molecule has 0 fully saturated rings. The van der Waals surface area contributed by atoms with Crippen LogP contribution in [0.3, 0.4) is 0 Å². The zero-order valence-corrected chi connectivity index (χ0v) is 29.1. The molecule has 0 unspecified atom stereocenters. The minimum atomic E-state index is -4.87. The predicted molar refractivity (Wildman–Crippen MR) is 179 cm³/mol. The molecule has 2 amide bonds. The number of likely N-dealkylation sites (N-methyl/N-ethyl adjacent to an activating group) is 1. The van der Waals surface area contributed by atoms with Crippen molar-refractivity contribution in [3.63, 3.8) is 0 Å². The van der Waals surface area contributed by atoms with E-state index >= 15 is 4.39 Å². The Labute approximate surface area is 287 Å². The third kappa shape index (κ3) is 9.91. The highest BCUT2D eigenvalue weighted by Crippen LogP contribution is 2.35. The maximum Gasteiger partial charge on any atom is 0.431 e. The fourth-order valence-corrected chi connectivity index (χ4v) is 6.03. The second-order valence-corrected chi connectivity index (χ2v) is 13.3. The molecule has 0 radical (unpaired) electrons. The third-order valence-corrected chi connectivity index (χ3v) is 8.17. The molecular weight excluding hydrogens is 668 g/mol. The number of carbonyl (C=O) groups excluding carboxylic acids is 2. The first kappa shape index (κ1) is 39.2. The van der Waals surface area contributed by atoms with Crippen molar-refractivity contribution in [2.75, 3.05) is 20.6 Å². The van der Waals surface area contributed by atoms with E-state index < -0.39 is 65.1 Å². The number of aryl methyl sites for hydroxylation is 3. The van der Waals surface area contributed by atoms with Crippen molar-refractivity contribution in [2.45, 2.75) is 72.3 Å². The van der Waals surface area contributed by atoms with Gasteiger partial charge in [0.2, 0.25) is 5.91 Å². The Kier molecular flexibility index (Phi) is 12.8. The minimum Gasteiger partial charge on any atom is -0.481 e. The number of halogens is 5. The summed E-state index contributed by atoms with van der Waals surface area (Å²) in [5.41, 5.74) is -0.00730. The van der Waals surface area contributed by atoms with Crippen LogP contribution in [0.25, 0.3) is 11.1 Å². The van der Waals surface area contributed by atoms with Crippen molar-refractivity contribution in [1.29, 1.82) is 0 Å². The van der Waals surface area contributed by atoms with Gasteiger partial charge < -0.3 is 25.2 Å². The average Bonchev–Trinajstić information content (AvgIpc) is 2.95. The van der Waals surface area contributed by atoms with Gasteiger partial charge in [0.1, 0.15) is 23.1 Å². The third-order valence-electron chi connectivity index (χ3n) is 7.95. The Hall–Kier alpha value is -4.23. The Bertz CT molecular complexity index is 1770. The number of hydrogen-bond donors (Lipinski definition) is 3. The number of pyridine rings is 1. The first-order valence-electron chi connectivity index (χ1n) is 15.6. The molecule has 3 rings (SSSR count). The number of carbonyl (C=O) groups is 3. The van der Waals surface area contributed by atoms with Crippen LogP contribution in [0.4, 0.5) is 17.6 Å². The highest BCUT2D eigenvalue weighted by molar-refractivity contribution is 6.30. The molecule has 49 heavy (non-hydrogen) atoms. The fourth-order valence-electron chi connectivity index (χ4n) is 5.71. The molecular formula is C35H41ClF4N4O5. The molecule has 0 aliphatic carbocycles. The molecule has 3 aromatic rings. The van der Waals surface area contributed by atoms with Crippen molar-refractivity contribution in [3.05, 3.63) is 91.1 Å². The summed E-state index contributed by atoms with van der Waals surface area (Å²) in [4.78, 5) is 53.8. The molecule has 9 nitrogen and oxygen atoms in total. The SMILES string of the molecule is Cc1cc(-c2c(C)cc(Cl)cc2C)cc([C@H](CC(=O)O)NC(=O)[C@H](CC(C)C)NC(=O)c2ccc(C(F)(F)F)n(CCN(C)C)c2=O)c1F. The van der Waals surface area contributed by atoms with E-state index in [1.54, 1.807) is 51.0 Å². The average molecular weight is 709 g/mol. The number of carboxylic acid groups (broad SMARTS) is 1. The van der Waals surface area contributed by atoms with Crippen LogP contribution in [0.5, 0.6) is 0 Å². The van der Waals surface area contributed by atoms with Crippen molar-refractivity contribution < 1.29 is 37.1 Å². The van der Waals surface area contributed by atoms with Crippen LogP contribution in [0.1, 0.15) is 71.0 Å². The Morgan fingerprint density at radius 3 is 2.12 bits per heavy atom. The van der Waals surface area contributed by atoms with Crippen LogP contribution in [-0.2, 0) is 22.3 Å². The van der Waals surface area contributed by atoms with Gasteiger partial charge in [-0.1, -0.05) is 25.4 Å². The topological polar surface area (TPSA) is 121 Å². The predicted octanol–water partition coefficient (Wildman–Crippen LogP) is 6.29. The van der Waals surface area contributed by atoms with Crippen molar-refractivity contribution in [1.82, 2.24) is 20.1 Å². The lowest BCUT2D eigenvalue weighted by Crippen LogP contribution is -2.50. The number of benzene rings is 2. The molecule has 14 heteroatoms. The molecule has 0 aliphatic rings. The van der Waals surface area contributed by atoms with E-state index in [1.165, 1.54) is 13.0 Å². The standard InChI is InChI=1S/C35H41ClF4N4O5/c1-18(2)12-27(42-32(47)24-8-9-28(35(38,39)40)44(34(24)49)11-10-43(6)7)33(48)41-26(17-29(45)46)25-16-22(13-21(5)31(25)37)30-19(3)14-23(36)15-20(30)4/h8-9,13-16,18,26-27H,10-12,17H2,1-7H3,(H,41,48)(H,42,47)(H,45,46)/t26-,27-/m0/s1. The number of rotatable bonds is 13. The van der Waals surface area contributed by atoms with Crippen LogP contribution in [-0.4, -0.2) is 59.0 Å². The molecule has 0 aliphatic heterocycles. The molecule has 0 spiro atoms. The lowest BCUT2D eigenvalue weighted by molar-refractivity contribution is -0.144. The first-order chi connectivity index (χ1) is 22.7. The first-order valence-corrected chi connectivity index (χ1v) is 15.9. The lowest BCUT2D eigenvalue weighted by Gasteiger charge is -2.25. The van der Waals surface area contributed by atoms with Gasteiger partial charge in [0.05, 0.1) is 12.5 Å². The Balaban J connectivity index is 2.02. The number of nitrogens with one attached hydrogen (secondary N) is 2. The van der Waals surface area contributed by atoms with Gasteiger partial charge in [0.25, 0.3) is 11.5 Å².